The number of carbonyl (C=O) groups excluding carboxylic acids is 4. The first-order chi connectivity index (χ1) is 28.7. The van der Waals surface area contributed by atoms with Crippen LogP contribution in [0, 0.1) is 11.3 Å². The zero-order valence-electron chi connectivity index (χ0n) is 33.1. The first kappa shape index (κ1) is 41.1. The highest BCUT2D eigenvalue weighted by Crippen LogP contribution is 2.36. The number of nitrogens with zero attached hydrogens (tertiary/aromatic N) is 7. The summed E-state index contributed by atoms with van der Waals surface area (Å²) in [6, 6.07) is 17.5. The van der Waals surface area contributed by atoms with E-state index in [0.717, 1.165) is 10.6 Å². The first-order valence-corrected chi connectivity index (χ1v) is 19.8. The number of benzene rings is 2. The van der Waals surface area contributed by atoms with E-state index >= 15 is 0 Å². The molecule has 2 aliphatic rings. The summed E-state index contributed by atoms with van der Waals surface area (Å²) in [5.74, 6) is -1.15. The quantitative estimate of drug-likeness (QED) is 0.128. The molecular weight excluding hydrogens is 784 g/mol. The second-order valence-electron chi connectivity index (χ2n) is 15.4. The Balaban J connectivity index is 0.987. The highest BCUT2D eigenvalue weighted by atomic mass is 35.5. The Bertz CT molecular complexity index is 2640. The number of nitrogens with one attached hydrogen (secondary N) is 3. The van der Waals surface area contributed by atoms with E-state index in [0.29, 0.717) is 79.5 Å². The number of hydrogen-bond donors (Lipinski definition) is 5. The molecule has 0 radical (unpaired) electrons. The van der Waals surface area contributed by atoms with Crippen molar-refractivity contribution in [2.45, 2.75) is 50.1 Å². The number of H-pyrrole nitrogens is 1. The predicted octanol–water partition coefficient (Wildman–Crippen LogP) is 4.31. The lowest BCUT2D eigenvalue weighted by Gasteiger charge is -2.40. The molecule has 7 N–H and O–H groups in total. The highest BCUT2D eigenvalue weighted by Gasteiger charge is 2.40. The van der Waals surface area contributed by atoms with Crippen molar-refractivity contribution in [3.05, 3.63) is 118 Å². The molecule has 7 rings (SSSR count). The van der Waals surface area contributed by atoms with Crippen LogP contribution in [0.4, 0.5) is 23.0 Å². The summed E-state index contributed by atoms with van der Waals surface area (Å²) in [6.07, 6.45) is 8.72. The summed E-state index contributed by atoms with van der Waals surface area (Å²) >= 11 is 6.11. The molecule has 5 heterocycles. The van der Waals surface area contributed by atoms with E-state index < -0.39 is 22.9 Å². The molecule has 4 amide bonds. The lowest BCUT2D eigenvalue weighted by molar-refractivity contribution is 0.0576. The number of nitrogen functional groups attached to an aromatic ring is 1. The fourth-order valence-corrected chi connectivity index (χ4v) is 7.94. The maximum Gasteiger partial charge on any atom is 0.270 e. The molecule has 0 bridgehead atoms. The summed E-state index contributed by atoms with van der Waals surface area (Å²) in [7, 11) is 0. The summed E-state index contributed by atoms with van der Waals surface area (Å²) in [5.41, 5.74) is 13.1. The highest BCUT2D eigenvalue weighted by molar-refractivity contribution is 6.31. The van der Waals surface area contributed by atoms with Gasteiger partial charge in [0.05, 0.1) is 23.6 Å². The minimum absolute atomic E-state index is 0.0768. The van der Waals surface area contributed by atoms with Gasteiger partial charge in [-0.1, -0.05) is 36.9 Å². The van der Waals surface area contributed by atoms with Crippen molar-refractivity contribution in [1.82, 2.24) is 34.3 Å². The number of amides is 4. The number of aromatic nitrogens is 5. The number of nitrogens with two attached hydrogens (primary N) is 2. The molecular formula is C43H45ClN12O4. The number of likely N-dealkylation sites (tertiary alicyclic amines) is 2. The molecule has 16 nitrogen and oxygen atoms in total. The fourth-order valence-electron chi connectivity index (χ4n) is 7.75. The van der Waals surface area contributed by atoms with Crippen LogP contribution >= 0.6 is 11.6 Å². The maximum atomic E-state index is 13.4. The van der Waals surface area contributed by atoms with Crippen molar-refractivity contribution in [3.8, 4) is 6.07 Å². The van der Waals surface area contributed by atoms with Crippen molar-refractivity contribution in [2.75, 3.05) is 42.5 Å². The van der Waals surface area contributed by atoms with Gasteiger partial charge in [0.25, 0.3) is 23.6 Å². The summed E-state index contributed by atoms with van der Waals surface area (Å²) in [5, 5.41) is 27.0. The lowest BCUT2D eigenvalue weighted by atomic mass is 9.84. The second kappa shape index (κ2) is 16.6. The van der Waals surface area contributed by atoms with Gasteiger partial charge < -0.3 is 36.9 Å². The van der Waals surface area contributed by atoms with Crippen LogP contribution in [0.1, 0.15) is 80.6 Å². The summed E-state index contributed by atoms with van der Waals surface area (Å²) in [6.45, 7) is 11.4. The fraction of sp³-hybridized carbons (Fsp3) is 0.279. The van der Waals surface area contributed by atoms with E-state index in [4.69, 9.17) is 28.2 Å². The number of primary amides is 1. The number of halogens is 1. The molecule has 308 valence electrons. The van der Waals surface area contributed by atoms with E-state index in [9.17, 15) is 24.4 Å². The monoisotopic (exact) mass is 828 g/mol. The molecule has 2 saturated heterocycles. The Hall–Kier alpha value is -7.12. The van der Waals surface area contributed by atoms with E-state index in [-0.39, 0.29) is 41.0 Å². The Morgan fingerprint density at radius 2 is 1.58 bits per heavy atom. The van der Waals surface area contributed by atoms with E-state index in [1.807, 2.05) is 6.92 Å². The van der Waals surface area contributed by atoms with Gasteiger partial charge in [-0.25, -0.2) is 0 Å². The topological polar surface area (TPSA) is 226 Å². The van der Waals surface area contributed by atoms with E-state index in [2.05, 4.69) is 39.9 Å². The molecule has 0 atom stereocenters. The van der Waals surface area contributed by atoms with E-state index in [1.54, 1.807) is 98.3 Å². The SMILES string of the molecule is C=CC=c1[nH]c(C(=O)N2CCC(C)(n3cc(C(=O)Nc4ccc(Nc5nn(C6(CC#N)CCN(C(=O)c7cccc(Cl)c7)CC6)cc5C(N)=O)cc4)c(N)n3)CC2)cc1=C. The third-order valence-corrected chi connectivity index (χ3v) is 11.7. The molecule has 0 spiro atoms. The van der Waals surface area contributed by atoms with Crippen LogP contribution in [0.5, 0.6) is 0 Å². The van der Waals surface area contributed by atoms with Crippen LogP contribution in [0.25, 0.3) is 12.7 Å². The van der Waals surface area contributed by atoms with Crippen LogP contribution in [-0.2, 0) is 11.1 Å². The van der Waals surface area contributed by atoms with Crippen molar-refractivity contribution >= 4 is 70.9 Å². The third-order valence-electron chi connectivity index (χ3n) is 11.4. The van der Waals surface area contributed by atoms with Gasteiger partial charge in [-0.3, -0.25) is 28.5 Å². The van der Waals surface area contributed by atoms with E-state index in [1.165, 1.54) is 0 Å². The minimum atomic E-state index is -0.781. The average molecular weight is 829 g/mol. The molecule has 5 aromatic rings. The minimum Gasteiger partial charge on any atom is -0.382 e. The van der Waals surface area contributed by atoms with Gasteiger partial charge in [0.15, 0.2) is 11.6 Å². The summed E-state index contributed by atoms with van der Waals surface area (Å²) in [4.78, 5) is 59.1. The van der Waals surface area contributed by atoms with Crippen LogP contribution in [0.3, 0.4) is 0 Å². The molecule has 17 heteroatoms. The summed E-state index contributed by atoms with van der Waals surface area (Å²) < 4.78 is 3.33. The molecule has 3 aromatic heterocycles. The Morgan fingerprint density at radius 1 is 0.933 bits per heavy atom. The first-order valence-electron chi connectivity index (χ1n) is 19.4. The number of rotatable bonds is 11. The number of allylic oxidation sites excluding steroid dienone is 1. The lowest BCUT2D eigenvalue weighted by Crippen LogP contribution is -2.48. The van der Waals surface area contributed by atoms with Crippen molar-refractivity contribution in [2.24, 2.45) is 5.73 Å². The van der Waals surface area contributed by atoms with Crippen molar-refractivity contribution < 1.29 is 19.2 Å². The van der Waals surface area contributed by atoms with Gasteiger partial charge in [-0.2, -0.15) is 15.5 Å². The number of anilines is 4. The number of aromatic amines is 1. The largest absolute Gasteiger partial charge is 0.382 e. The van der Waals surface area contributed by atoms with Crippen LogP contribution in [0.2, 0.25) is 5.02 Å². The Kier molecular flexibility index (Phi) is 11.4. The van der Waals surface area contributed by atoms with Crippen molar-refractivity contribution in [1.29, 1.82) is 5.26 Å². The van der Waals surface area contributed by atoms with Crippen molar-refractivity contribution in [3.63, 3.8) is 0 Å². The molecule has 60 heavy (non-hydrogen) atoms. The average Bonchev–Trinajstić information content (AvgIpc) is 3.96. The third kappa shape index (κ3) is 8.25. The van der Waals surface area contributed by atoms with Gasteiger partial charge in [-0.05, 0) is 92.4 Å². The second-order valence-corrected chi connectivity index (χ2v) is 15.8. The smallest absolute Gasteiger partial charge is 0.270 e. The number of nitriles is 1. The standard InChI is InChI=1S/C43H45ClN12O4/c1-4-6-34-27(2)23-35(50-34)41(60)54-19-14-42(3,15-20-54)55-25-32(36(46)51-55)39(58)49-31-11-9-30(10-12-31)48-38-33(37(47)57)26-56(52-38)43(13-18-45)16-21-53(22-17-43)40(59)28-7-5-8-29(44)24-28/h4-12,23-26,50H,1-2,13-17,19-22H2,3H3,(H2,46,51)(H2,47,57)(H,48,52)(H,49,58). The molecule has 0 saturated carbocycles. The normalized spacial score (nSPS) is 16.2. The number of carbonyl (C=O) groups is 4. The van der Waals surface area contributed by atoms with Gasteiger partial charge in [0.2, 0.25) is 0 Å². The maximum absolute atomic E-state index is 13.4. The Labute approximate surface area is 350 Å². The molecule has 2 aromatic carbocycles. The molecule has 0 aliphatic carbocycles. The zero-order chi connectivity index (χ0) is 42.8. The molecule has 2 aliphatic heterocycles. The van der Waals surface area contributed by atoms with Gasteiger partial charge in [-0.15, -0.1) is 0 Å². The van der Waals surface area contributed by atoms with Gasteiger partial charge in [0, 0.05) is 65.9 Å². The number of hydrogen-bond acceptors (Lipinski definition) is 9. The Morgan fingerprint density at radius 3 is 2.23 bits per heavy atom. The molecule has 0 unspecified atom stereocenters. The molecule has 2 fully saturated rings. The van der Waals surface area contributed by atoms with Crippen LogP contribution < -0.4 is 32.7 Å². The van der Waals surface area contributed by atoms with Crippen LogP contribution in [-0.4, -0.2) is 84.2 Å². The van der Waals surface area contributed by atoms with Gasteiger partial charge in [0.1, 0.15) is 16.8 Å². The number of piperidine rings is 2. The van der Waals surface area contributed by atoms with Crippen LogP contribution in [0.15, 0.2) is 79.6 Å². The van der Waals surface area contributed by atoms with Gasteiger partial charge >= 0.3 is 0 Å². The zero-order valence-corrected chi connectivity index (χ0v) is 33.8. The predicted molar refractivity (Wildman–Crippen MR) is 229 cm³/mol.